The number of halogens is 1. The van der Waals surface area contributed by atoms with Crippen molar-refractivity contribution >= 4 is 11.6 Å². The molecule has 3 rings (SSSR count). The first kappa shape index (κ1) is 10.3. The lowest BCUT2D eigenvalue weighted by atomic mass is 10.0. The molecule has 0 radical (unpaired) electrons. The van der Waals surface area contributed by atoms with Crippen molar-refractivity contribution in [3.8, 4) is 22.3 Å². The maximum Gasteiger partial charge on any atom is 0.0486 e. The Morgan fingerprint density at radius 2 is 1.82 bits per heavy atom. The molecule has 0 saturated heterocycles. The van der Waals surface area contributed by atoms with Gasteiger partial charge >= 0.3 is 0 Å². The highest BCUT2D eigenvalue weighted by Crippen LogP contribution is 2.33. The van der Waals surface area contributed by atoms with E-state index in [9.17, 15) is 4.79 Å². The summed E-state index contributed by atoms with van der Waals surface area (Å²) in [7, 11) is 0. The molecule has 0 N–H and O–H groups in total. The monoisotopic (exact) mass is 240 g/mol. The Bertz CT molecular complexity index is 676. The van der Waals surface area contributed by atoms with Gasteiger partial charge in [-0.05, 0) is 0 Å². The summed E-state index contributed by atoms with van der Waals surface area (Å²) in [6, 6.07) is 17.0. The largest absolute Gasteiger partial charge is 0.350 e. The highest BCUT2D eigenvalue weighted by Gasteiger charge is 2.01. The predicted octanol–water partition coefficient (Wildman–Crippen LogP) is 3.91. The van der Waals surface area contributed by atoms with Crippen LogP contribution in [-0.4, -0.2) is 0 Å². The van der Waals surface area contributed by atoms with Crippen LogP contribution in [0.3, 0.4) is 0 Å². The molecule has 0 amide bonds. The van der Waals surface area contributed by atoms with Crippen LogP contribution < -0.4 is 5.43 Å². The zero-order chi connectivity index (χ0) is 11.8. The number of rotatable bonds is 1. The van der Waals surface area contributed by atoms with Gasteiger partial charge in [0.05, 0.1) is 0 Å². The molecule has 1 nitrogen and oxygen atoms in total. The van der Waals surface area contributed by atoms with Gasteiger partial charge in [0.2, 0.25) is 0 Å². The van der Waals surface area contributed by atoms with Crippen molar-refractivity contribution in [1.82, 2.24) is 0 Å². The first-order valence-electron chi connectivity index (χ1n) is 5.37. The second-order valence-corrected chi connectivity index (χ2v) is 4.41. The summed E-state index contributed by atoms with van der Waals surface area (Å²) in [5, 5.41) is 0.597. The molecule has 17 heavy (non-hydrogen) atoms. The van der Waals surface area contributed by atoms with Crippen molar-refractivity contribution < 1.29 is 0 Å². The maximum absolute atomic E-state index is 11.9. The van der Waals surface area contributed by atoms with E-state index < -0.39 is 0 Å². The summed E-state index contributed by atoms with van der Waals surface area (Å²) >= 11 is 5.91. The molecular weight excluding hydrogens is 232 g/mol. The predicted molar refractivity (Wildman–Crippen MR) is 71.0 cm³/mol. The molecule has 0 saturated carbocycles. The van der Waals surface area contributed by atoms with Gasteiger partial charge in [0.15, 0.2) is 0 Å². The van der Waals surface area contributed by atoms with Crippen LogP contribution in [-0.2, 0) is 0 Å². The van der Waals surface area contributed by atoms with E-state index in [0.717, 1.165) is 16.7 Å². The summed E-state index contributed by atoms with van der Waals surface area (Å²) in [5.74, 6) is 0. The van der Waals surface area contributed by atoms with Gasteiger partial charge in [0, 0.05) is 5.43 Å². The second kappa shape index (κ2) is 3.86. The summed E-state index contributed by atoms with van der Waals surface area (Å²) in [4.78, 5) is 11.9. The molecule has 0 aliphatic heterocycles. The molecule has 0 aromatic heterocycles. The van der Waals surface area contributed by atoms with Crippen LogP contribution in [0.5, 0.6) is 0 Å². The zero-order valence-electron chi connectivity index (χ0n) is 8.98. The smallest absolute Gasteiger partial charge is 0.0486 e. The van der Waals surface area contributed by atoms with Crippen LogP contribution >= 0.6 is 11.6 Å². The van der Waals surface area contributed by atoms with E-state index >= 15 is 0 Å². The summed E-state index contributed by atoms with van der Waals surface area (Å²) in [6.07, 6.45) is 0. The third kappa shape index (κ3) is 1.69. The fourth-order valence-corrected chi connectivity index (χ4v) is 2.27. The minimum absolute atomic E-state index is 0.0290. The Kier molecular flexibility index (Phi) is 2.34. The number of fused-ring (bicyclic) bond motifs is 1. The number of hydrogen-bond acceptors (Lipinski definition) is 1. The van der Waals surface area contributed by atoms with Gasteiger partial charge in [-0.25, -0.2) is 18.2 Å². The number of hydrogen-bond donors (Lipinski definition) is 0. The van der Waals surface area contributed by atoms with Gasteiger partial charge in [-0.3, -0.25) is 0 Å². The van der Waals surface area contributed by atoms with Crippen LogP contribution in [0, 0.1) is 0 Å². The van der Waals surface area contributed by atoms with Crippen molar-refractivity contribution in [2.75, 3.05) is 0 Å². The SMILES string of the molecule is O=c1cc(-c2ccccc2)[c-]2cc[c-](Cl)cc1-2. The van der Waals surface area contributed by atoms with E-state index in [4.69, 9.17) is 11.6 Å². The van der Waals surface area contributed by atoms with Gasteiger partial charge in [-0.15, -0.1) is 16.7 Å². The molecule has 1 aromatic carbocycles. The second-order valence-electron chi connectivity index (χ2n) is 3.98. The highest BCUT2D eigenvalue weighted by molar-refractivity contribution is 6.31. The fourth-order valence-electron chi connectivity index (χ4n) is 2.10. The molecule has 1 aromatic rings. The summed E-state index contributed by atoms with van der Waals surface area (Å²) in [5.41, 5.74) is 3.72. The summed E-state index contributed by atoms with van der Waals surface area (Å²) in [6.45, 7) is 0. The lowest BCUT2D eigenvalue weighted by Gasteiger charge is -2.17. The van der Waals surface area contributed by atoms with E-state index in [2.05, 4.69) is 0 Å². The first-order chi connectivity index (χ1) is 8.25. The van der Waals surface area contributed by atoms with Gasteiger partial charge < -0.3 is 4.79 Å². The van der Waals surface area contributed by atoms with Crippen molar-refractivity contribution in [2.45, 2.75) is 0 Å². The van der Waals surface area contributed by atoms with Crippen LogP contribution in [0.4, 0.5) is 0 Å². The Balaban J connectivity index is 2.30. The minimum Gasteiger partial charge on any atom is -0.350 e. The molecule has 2 aliphatic carbocycles. The van der Waals surface area contributed by atoms with Gasteiger partial charge in [-0.2, -0.15) is 22.7 Å². The van der Waals surface area contributed by atoms with Crippen molar-refractivity contribution in [2.24, 2.45) is 0 Å². The van der Waals surface area contributed by atoms with E-state index in [1.807, 2.05) is 42.5 Å². The van der Waals surface area contributed by atoms with Crippen LogP contribution in [0.1, 0.15) is 0 Å². The average molecular weight is 241 g/mol. The highest BCUT2D eigenvalue weighted by atomic mass is 35.5. The van der Waals surface area contributed by atoms with E-state index in [0.29, 0.717) is 10.6 Å². The van der Waals surface area contributed by atoms with Gasteiger partial charge in [0.1, 0.15) is 0 Å². The fraction of sp³-hybridized carbons (Fsp3) is 0. The topological polar surface area (TPSA) is 17.1 Å². The average Bonchev–Trinajstić information content (AvgIpc) is 2.68. The lowest BCUT2D eigenvalue weighted by Crippen LogP contribution is -1.93. The third-order valence-corrected chi connectivity index (χ3v) is 3.13. The van der Waals surface area contributed by atoms with Gasteiger partial charge in [-0.1, -0.05) is 35.9 Å². The molecule has 2 aliphatic rings. The van der Waals surface area contributed by atoms with Crippen molar-refractivity contribution in [3.05, 3.63) is 69.8 Å². The molecule has 0 unspecified atom stereocenters. The van der Waals surface area contributed by atoms with Crippen LogP contribution in [0.25, 0.3) is 22.3 Å². The molecule has 0 spiro atoms. The summed E-state index contributed by atoms with van der Waals surface area (Å²) < 4.78 is 0. The normalized spacial score (nSPS) is 10.9. The molecule has 84 valence electrons. The van der Waals surface area contributed by atoms with Gasteiger partial charge in [0.25, 0.3) is 0 Å². The molecular formula is C15H9ClO-2. The molecule has 2 heteroatoms. The minimum atomic E-state index is 0.0290. The molecule has 0 fully saturated rings. The quantitative estimate of drug-likeness (QED) is 0.590. The third-order valence-electron chi connectivity index (χ3n) is 2.90. The van der Waals surface area contributed by atoms with E-state index in [1.165, 1.54) is 0 Å². The van der Waals surface area contributed by atoms with Crippen LogP contribution in [0.2, 0.25) is 5.02 Å². The van der Waals surface area contributed by atoms with Crippen molar-refractivity contribution in [3.63, 3.8) is 0 Å². The Labute approximate surface area is 104 Å². The van der Waals surface area contributed by atoms with E-state index in [1.54, 1.807) is 12.1 Å². The lowest BCUT2D eigenvalue weighted by molar-refractivity contribution is 1.64. The molecule has 0 heterocycles. The first-order valence-corrected chi connectivity index (χ1v) is 5.75. The van der Waals surface area contributed by atoms with Crippen LogP contribution in [0.15, 0.2) is 59.4 Å². The standard InChI is InChI=1S/C15H9ClO/c16-11-6-7-12-13(9-15(17)14(12)8-11)10-4-2-1-3-5-10/h1-9H/q-2. The Morgan fingerprint density at radius 1 is 1.06 bits per heavy atom. The zero-order valence-corrected chi connectivity index (χ0v) is 9.74. The molecule has 0 atom stereocenters. The number of benzene rings is 2. The maximum atomic E-state index is 11.9. The van der Waals surface area contributed by atoms with E-state index in [-0.39, 0.29) is 5.43 Å². The Morgan fingerprint density at radius 3 is 2.59 bits per heavy atom. The van der Waals surface area contributed by atoms with Crippen molar-refractivity contribution in [1.29, 1.82) is 0 Å². The Hall–Kier alpha value is -1.86. The molecule has 0 bridgehead atoms.